The molecule has 0 radical (unpaired) electrons. The maximum atomic E-state index is 13.5. The van der Waals surface area contributed by atoms with Crippen molar-refractivity contribution in [2.75, 3.05) is 19.5 Å². The predicted octanol–water partition coefficient (Wildman–Crippen LogP) is 4.73. The van der Waals surface area contributed by atoms with Crippen LogP contribution in [0.2, 0.25) is 0 Å². The van der Waals surface area contributed by atoms with Gasteiger partial charge < -0.3 is 15.0 Å². The molecular formula is C24H21FN6O. The number of aromatic amines is 1. The van der Waals surface area contributed by atoms with E-state index in [1.165, 1.54) is 12.1 Å². The first kappa shape index (κ1) is 19.7. The number of pyridine rings is 2. The summed E-state index contributed by atoms with van der Waals surface area (Å²) >= 11 is 0. The Morgan fingerprint density at radius 1 is 1.06 bits per heavy atom. The zero-order chi connectivity index (χ0) is 22.1. The number of hydrogen-bond donors (Lipinski definition) is 2. The van der Waals surface area contributed by atoms with Gasteiger partial charge in [0.2, 0.25) is 5.88 Å². The molecular weight excluding hydrogens is 407 g/mol. The van der Waals surface area contributed by atoms with Gasteiger partial charge in [-0.2, -0.15) is 5.10 Å². The maximum Gasteiger partial charge on any atom is 0.237 e. The van der Waals surface area contributed by atoms with Gasteiger partial charge in [0.05, 0.1) is 25.5 Å². The molecule has 4 heterocycles. The summed E-state index contributed by atoms with van der Waals surface area (Å²) in [5.74, 6) is 0.290. The first-order valence-corrected chi connectivity index (χ1v) is 10.1. The van der Waals surface area contributed by atoms with Crippen molar-refractivity contribution in [2.24, 2.45) is 0 Å². The highest BCUT2D eigenvalue weighted by molar-refractivity contribution is 5.95. The van der Waals surface area contributed by atoms with Crippen LogP contribution in [0, 0.1) is 5.82 Å². The van der Waals surface area contributed by atoms with E-state index in [-0.39, 0.29) is 5.82 Å². The third kappa shape index (κ3) is 3.66. The minimum atomic E-state index is -0.250. The summed E-state index contributed by atoms with van der Waals surface area (Å²) in [5, 5.41) is 8.54. The fourth-order valence-corrected chi connectivity index (χ4v) is 3.76. The Balaban J connectivity index is 1.49. The number of H-pyrrole nitrogens is 1. The van der Waals surface area contributed by atoms with Crippen molar-refractivity contribution in [3.63, 3.8) is 0 Å². The van der Waals surface area contributed by atoms with Crippen LogP contribution in [0.3, 0.4) is 0 Å². The highest BCUT2D eigenvalue weighted by Crippen LogP contribution is 2.32. The van der Waals surface area contributed by atoms with Crippen LogP contribution < -0.4 is 10.1 Å². The molecule has 0 aliphatic heterocycles. The quantitative estimate of drug-likeness (QED) is 0.409. The number of methoxy groups -OCH3 is 1. The van der Waals surface area contributed by atoms with E-state index in [0.29, 0.717) is 12.4 Å². The average Bonchev–Trinajstić information content (AvgIpc) is 3.44. The number of ether oxygens (including phenoxy) is 1. The summed E-state index contributed by atoms with van der Waals surface area (Å²) in [6.07, 6.45) is 9.28. The molecule has 0 bridgehead atoms. The fourth-order valence-electron chi connectivity index (χ4n) is 3.76. The van der Waals surface area contributed by atoms with Crippen molar-refractivity contribution in [3.05, 3.63) is 78.8 Å². The minimum Gasteiger partial charge on any atom is -0.480 e. The Labute approximate surface area is 183 Å². The Morgan fingerprint density at radius 3 is 2.72 bits per heavy atom. The number of halogens is 1. The standard InChI is InChI=1S/C24H21FN6O/c1-26-22-8-17(10-29-24(22)32-2)16-7-20-21(12-28-23(20)27-9-16)18-11-30-31(14-18)13-15-4-3-5-19(25)6-15/h3-12,14,26H,13H2,1-2H3,(H,27,28). The second kappa shape index (κ2) is 8.14. The molecule has 5 rings (SSSR count). The van der Waals surface area contributed by atoms with Gasteiger partial charge in [-0.05, 0) is 29.8 Å². The van der Waals surface area contributed by atoms with Crippen LogP contribution in [0.1, 0.15) is 5.56 Å². The number of nitrogens with zero attached hydrogens (tertiary/aromatic N) is 4. The lowest BCUT2D eigenvalue weighted by atomic mass is 10.0. The van der Waals surface area contributed by atoms with Gasteiger partial charge >= 0.3 is 0 Å². The molecule has 0 aliphatic rings. The molecule has 0 aliphatic carbocycles. The molecule has 0 atom stereocenters. The molecule has 1 aromatic carbocycles. The van der Waals surface area contributed by atoms with E-state index in [1.54, 1.807) is 24.1 Å². The third-order valence-electron chi connectivity index (χ3n) is 5.36. The van der Waals surface area contributed by atoms with Crippen LogP contribution in [-0.2, 0) is 6.54 Å². The first-order valence-electron chi connectivity index (χ1n) is 10.1. The molecule has 32 heavy (non-hydrogen) atoms. The molecule has 8 heteroatoms. The van der Waals surface area contributed by atoms with Crippen LogP contribution in [-0.4, -0.2) is 38.9 Å². The van der Waals surface area contributed by atoms with Crippen molar-refractivity contribution in [2.45, 2.75) is 6.54 Å². The molecule has 0 saturated heterocycles. The Hall–Kier alpha value is -4.20. The lowest BCUT2D eigenvalue weighted by Crippen LogP contribution is -1.99. The van der Waals surface area contributed by atoms with Crippen molar-refractivity contribution in [3.8, 4) is 28.1 Å². The predicted molar refractivity (Wildman–Crippen MR) is 122 cm³/mol. The SMILES string of the molecule is CNc1cc(-c2cnc3[nH]cc(-c4cnn(Cc5cccc(F)c5)c4)c3c2)cnc1OC. The summed E-state index contributed by atoms with van der Waals surface area (Å²) in [6.45, 7) is 0.494. The Kier molecular flexibility index (Phi) is 5.03. The lowest BCUT2D eigenvalue weighted by Gasteiger charge is -2.09. The zero-order valence-corrected chi connectivity index (χ0v) is 17.6. The first-order chi connectivity index (χ1) is 15.6. The van der Waals surface area contributed by atoms with E-state index in [1.807, 2.05) is 44.0 Å². The van der Waals surface area contributed by atoms with Crippen molar-refractivity contribution in [1.82, 2.24) is 24.7 Å². The molecule has 0 fully saturated rings. The van der Waals surface area contributed by atoms with Crippen molar-refractivity contribution >= 4 is 16.7 Å². The molecule has 0 saturated carbocycles. The second-order valence-corrected chi connectivity index (χ2v) is 7.41. The number of rotatable bonds is 6. The van der Waals surface area contributed by atoms with Crippen LogP contribution >= 0.6 is 0 Å². The van der Waals surface area contributed by atoms with Gasteiger partial charge in [0.25, 0.3) is 0 Å². The third-order valence-corrected chi connectivity index (χ3v) is 5.36. The highest BCUT2D eigenvalue weighted by Gasteiger charge is 2.13. The molecule has 0 unspecified atom stereocenters. The maximum absolute atomic E-state index is 13.5. The molecule has 2 N–H and O–H groups in total. The van der Waals surface area contributed by atoms with Gasteiger partial charge in [-0.3, -0.25) is 4.68 Å². The summed E-state index contributed by atoms with van der Waals surface area (Å²) in [6, 6.07) is 10.6. The summed E-state index contributed by atoms with van der Waals surface area (Å²) in [4.78, 5) is 12.2. The number of aromatic nitrogens is 5. The van der Waals surface area contributed by atoms with Gasteiger partial charge in [-0.25, -0.2) is 14.4 Å². The summed E-state index contributed by atoms with van der Waals surface area (Å²) < 4.78 is 20.6. The normalized spacial score (nSPS) is 11.1. The van der Waals surface area contributed by atoms with Gasteiger partial charge in [0.15, 0.2) is 0 Å². The average molecular weight is 428 g/mol. The van der Waals surface area contributed by atoms with E-state index in [9.17, 15) is 4.39 Å². The van der Waals surface area contributed by atoms with Crippen LogP contribution in [0.15, 0.2) is 67.4 Å². The fraction of sp³-hybridized carbons (Fsp3) is 0.125. The Bertz CT molecular complexity index is 1410. The number of hydrogen-bond acceptors (Lipinski definition) is 5. The monoisotopic (exact) mass is 428 g/mol. The van der Waals surface area contributed by atoms with Gasteiger partial charge in [0.1, 0.15) is 11.5 Å². The minimum absolute atomic E-state index is 0.250. The van der Waals surface area contributed by atoms with E-state index < -0.39 is 0 Å². The molecule has 7 nitrogen and oxygen atoms in total. The molecule has 5 aromatic rings. The van der Waals surface area contributed by atoms with E-state index in [4.69, 9.17) is 4.74 Å². The number of fused-ring (bicyclic) bond motifs is 1. The number of anilines is 1. The topological polar surface area (TPSA) is 80.7 Å². The van der Waals surface area contributed by atoms with Gasteiger partial charge in [0, 0.05) is 59.5 Å². The summed E-state index contributed by atoms with van der Waals surface area (Å²) in [7, 11) is 3.42. The lowest BCUT2D eigenvalue weighted by molar-refractivity contribution is 0.400. The van der Waals surface area contributed by atoms with E-state index >= 15 is 0 Å². The van der Waals surface area contributed by atoms with Gasteiger partial charge in [-0.1, -0.05) is 12.1 Å². The van der Waals surface area contributed by atoms with Crippen LogP contribution in [0.25, 0.3) is 33.3 Å². The van der Waals surface area contributed by atoms with Crippen LogP contribution in [0.4, 0.5) is 10.1 Å². The number of benzene rings is 1. The van der Waals surface area contributed by atoms with Gasteiger partial charge in [-0.15, -0.1) is 0 Å². The molecule has 0 amide bonds. The van der Waals surface area contributed by atoms with Crippen LogP contribution in [0.5, 0.6) is 5.88 Å². The highest BCUT2D eigenvalue weighted by atomic mass is 19.1. The zero-order valence-electron chi connectivity index (χ0n) is 17.6. The smallest absolute Gasteiger partial charge is 0.237 e. The Morgan fingerprint density at radius 2 is 1.91 bits per heavy atom. The van der Waals surface area contributed by atoms with Crippen molar-refractivity contribution < 1.29 is 9.13 Å². The number of nitrogens with one attached hydrogen (secondary N) is 2. The largest absolute Gasteiger partial charge is 0.480 e. The second-order valence-electron chi connectivity index (χ2n) is 7.41. The van der Waals surface area contributed by atoms with E-state index in [0.717, 1.165) is 44.5 Å². The molecule has 160 valence electrons. The molecule has 4 aromatic heterocycles. The molecule has 0 spiro atoms. The van der Waals surface area contributed by atoms with E-state index in [2.05, 4.69) is 31.4 Å². The summed E-state index contributed by atoms with van der Waals surface area (Å²) in [5.41, 5.74) is 6.27. The van der Waals surface area contributed by atoms with Crippen molar-refractivity contribution in [1.29, 1.82) is 0 Å².